The SMILES string of the molecule is [C-]#[N+]CCO[P@@](=S)(OC[C@H]1O[C@@H](n2cnc3c(NC(=O)c4ccccc4)ncnc32)[C@H](O[Si](C)(C)C(C)(C)C)[C@@H]1O[P+](=O)O)O[C@@H]1[C@H](O[Si](C)(C)C(C)(C)C)[C@@H](COC(c2ccccc2)(c2ccc(OC)cc2)c2ccc(OC)cc2)O[C@H]1n1ccc2c(C)ncnc21. The molecule has 0 saturated carbocycles. The summed E-state index contributed by atoms with van der Waals surface area (Å²) in [7, 11) is -5.77. The first-order chi connectivity index (χ1) is 44.2. The number of aromatic nitrogens is 7. The lowest BCUT2D eigenvalue weighted by atomic mass is 9.80. The first-order valence-electron chi connectivity index (χ1n) is 30.4. The average Bonchev–Trinajstić information content (AvgIpc) is 1.76. The zero-order valence-electron chi connectivity index (χ0n) is 54.4. The van der Waals surface area contributed by atoms with Crippen LogP contribution in [0.2, 0.25) is 36.3 Å². The number of anilines is 1. The van der Waals surface area contributed by atoms with Gasteiger partial charge in [-0.05, 0) is 114 Å². The molecule has 4 aromatic carbocycles. The number of nitrogens with zero attached hydrogens (tertiary/aromatic N) is 8. The molecule has 93 heavy (non-hydrogen) atoms. The quantitative estimate of drug-likeness (QED) is 0.0168. The van der Waals surface area contributed by atoms with E-state index in [0.717, 1.165) is 27.8 Å². The maximum Gasteiger partial charge on any atom is 0.695 e. The number of ether oxygens (including phenoxy) is 5. The molecule has 8 aromatic rings. The Labute approximate surface area is 550 Å². The van der Waals surface area contributed by atoms with Crippen LogP contribution in [0.3, 0.4) is 0 Å². The fourth-order valence-electron chi connectivity index (χ4n) is 10.9. The first kappa shape index (κ1) is 69.2. The molecule has 2 aliphatic heterocycles. The smallest absolute Gasteiger partial charge is 0.497 e. The zero-order chi connectivity index (χ0) is 66.7. The lowest BCUT2D eigenvalue weighted by Crippen LogP contribution is -2.51. The van der Waals surface area contributed by atoms with E-state index in [-0.39, 0.29) is 46.8 Å². The minimum absolute atomic E-state index is 0.0991. The van der Waals surface area contributed by atoms with Gasteiger partial charge in [-0.3, -0.25) is 13.9 Å². The van der Waals surface area contributed by atoms with Gasteiger partial charge in [0.05, 0.1) is 39.5 Å². The Morgan fingerprint density at radius 2 is 1.25 bits per heavy atom. The molecule has 1 amide bonds. The number of benzene rings is 4. The van der Waals surface area contributed by atoms with E-state index in [2.05, 4.69) is 84.7 Å². The van der Waals surface area contributed by atoms with Gasteiger partial charge in [0.25, 0.3) is 5.91 Å². The molecule has 10 rings (SSSR count). The second-order valence-corrected chi connectivity index (χ2v) is 38.9. The molecule has 6 heterocycles. The van der Waals surface area contributed by atoms with E-state index < -0.39 is 98.8 Å². The number of imidazole rings is 1. The van der Waals surface area contributed by atoms with Crippen molar-refractivity contribution in [1.82, 2.24) is 34.1 Å². The van der Waals surface area contributed by atoms with Crippen molar-refractivity contribution in [3.8, 4) is 11.5 Å². The summed E-state index contributed by atoms with van der Waals surface area (Å²) in [4.78, 5) is 50.7. The lowest BCUT2D eigenvalue weighted by Gasteiger charge is -2.42. The van der Waals surface area contributed by atoms with Crippen molar-refractivity contribution in [2.45, 2.75) is 139 Å². The number of hydrogen-bond acceptors (Lipinski definition) is 19. The van der Waals surface area contributed by atoms with Crippen LogP contribution in [0.4, 0.5) is 5.82 Å². The van der Waals surface area contributed by atoms with E-state index >= 15 is 0 Å². The lowest BCUT2D eigenvalue weighted by molar-refractivity contribution is -0.0929. The molecule has 2 N–H and O–H groups in total. The van der Waals surface area contributed by atoms with Gasteiger partial charge in [0.15, 0.2) is 52.2 Å². The highest BCUT2D eigenvalue weighted by molar-refractivity contribution is 8.07. The number of aryl methyl sites for hydroxylation is 1. The number of hydrogen-bond donors (Lipinski definition) is 2. The Morgan fingerprint density at radius 1 is 0.699 bits per heavy atom. The third-order valence-corrected chi connectivity index (χ3v) is 29.6. The van der Waals surface area contributed by atoms with Crippen LogP contribution >= 0.6 is 15.0 Å². The summed E-state index contributed by atoms with van der Waals surface area (Å²) < 4.78 is 91.5. The van der Waals surface area contributed by atoms with Gasteiger partial charge >= 0.3 is 15.0 Å². The highest BCUT2D eigenvalue weighted by Gasteiger charge is 2.58. The summed E-state index contributed by atoms with van der Waals surface area (Å²) >= 11 is 6.56. The number of nitrogens with one attached hydrogen (secondary N) is 1. The standard InChI is InChI=1S/C65H79N9O14P2SSi2/c1-42-49-33-35-73(58(49)69-39-67-42)61-55(54(87-92(11,12)63(2,3)4)50(83-61)37-80-65(44-23-19-16-20-24-44,45-25-29-47(78-9)30-26-45)46-27-31-48(79-10)32-28-46)86-90(91,81-36-34-66-8)82-38-51-53(85-89(76)77)56(88-93(13,14)64(5,6)7)62(84-51)74-41-71-52-57(68-40-70-59(52)74)72-60(75)43-21-17-15-18-22-43/h15-33,35,39-41,50-51,53-56,61-62H,34,36-38H2,1-7,9-14H3,(H-,68,70,72,75,76,77)/p+1/t50-,51-,53-,54-,55-,56-,61-,62-,90-/m1/s1. The van der Waals surface area contributed by atoms with Gasteiger partial charge < -0.3 is 56.3 Å². The molecular formula is C65H80N9O14P2SSi2+. The van der Waals surface area contributed by atoms with Crippen LogP contribution in [0, 0.1) is 13.5 Å². The number of methoxy groups -OCH3 is 2. The van der Waals surface area contributed by atoms with Crippen molar-refractivity contribution in [3.05, 3.63) is 180 Å². The van der Waals surface area contributed by atoms with E-state index in [1.165, 1.54) is 19.0 Å². The fourth-order valence-corrected chi connectivity index (χ4v) is 16.0. The molecule has 10 atom stereocenters. The van der Waals surface area contributed by atoms with Gasteiger partial charge in [-0.25, -0.2) is 31.5 Å². The van der Waals surface area contributed by atoms with Crippen LogP contribution < -0.4 is 14.8 Å². The molecule has 2 aliphatic rings. The van der Waals surface area contributed by atoms with Crippen molar-refractivity contribution in [2.75, 3.05) is 45.9 Å². The molecule has 0 spiro atoms. The van der Waals surface area contributed by atoms with Gasteiger partial charge in [0.2, 0.25) is 6.54 Å². The third kappa shape index (κ3) is 14.8. The van der Waals surface area contributed by atoms with Gasteiger partial charge in [0.1, 0.15) is 72.5 Å². The second-order valence-electron chi connectivity index (χ2n) is 25.8. The van der Waals surface area contributed by atoms with E-state index in [9.17, 15) is 14.3 Å². The third-order valence-electron chi connectivity index (χ3n) is 17.9. The topological polar surface area (TPSA) is 247 Å². The minimum Gasteiger partial charge on any atom is -0.497 e. The van der Waals surface area contributed by atoms with Crippen LogP contribution in [-0.2, 0) is 63.1 Å². The van der Waals surface area contributed by atoms with E-state index in [1.54, 1.807) is 43.1 Å². The number of fused-ring (bicyclic) bond motifs is 2. The second kappa shape index (κ2) is 28.4. The highest BCUT2D eigenvalue weighted by Crippen LogP contribution is 2.57. The van der Waals surface area contributed by atoms with Crippen molar-refractivity contribution in [2.24, 2.45) is 0 Å². The van der Waals surface area contributed by atoms with E-state index in [0.29, 0.717) is 22.7 Å². The van der Waals surface area contributed by atoms with E-state index in [1.807, 2.05) is 122 Å². The van der Waals surface area contributed by atoms with Crippen molar-refractivity contribution in [1.29, 1.82) is 0 Å². The zero-order valence-corrected chi connectivity index (χ0v) is 59.0. The Kier molecular flexibility index (Phi) is 21.1. The van der Waals surface area contributed by atoms with Gasteiger partial charge in [-0.2, -0.15) is 0 Å². The van der Waals surface area contributed by atoms with Crippen molar-refractivity contribution >= 4 is 77.3 Å². The molecule has 492 valence electrons. The molecule has 0 bridgehead atoms. The number of rotatable bonds is 26. The molecule has 0 aliphatic carbocycles. The maximum atomic E-state index is 13.5. The molecule has 4 aromatic heterocycles. The van der Waals surface area contributed by atoms with E-state index in [4.69, 9.17) is 74.0 Å². The molecule has 0 radical (unpaired) electrons. The fraction of sp³-hybridized carbons (Fsp3) is 0.431. The Balaban J connectivity index is 1.07. The summed E-state index contributed by atoms with van der Waals surface area (Å²) in [5.74, 6) is 1.03. The monoisotopic (exact) mass is 1360 g/mol. The first-order valence-corrected chi connectivity index (χ1v) is 39.9. The molecule has 28 heteroatoms. The maximum absolute atomic E-state index is 13.5. The predicted octanol–water partition coefficient (Wildman–Crippen LogP) is 13.0. The Hall–Kier alpha value is -6.61. The average molecular weight is 1360 g/mol. The molecule has 23 nitrogen and oxygen atoms in total. The van der Waals surface area contributed by atoms with Crippen molar-refractivity contribution in [3.63, 3.8) is 0 Å². The predicted molar refractivity (Wildman–Crippen MR) is 359 cm³/mol. The summed E-state index contributed by atoms with van der Waals surface area (Å²) in [6.45, 7) is 25.6. The van der Waals surface area contributed by atoms with Crippen LogP contribution in [0.1, 0.15) is 86.7 Å². The summed E-state index contributed by atoms with van der Waals surface area (Å²) in [6.07, 6.45) is -2.81. The Bertz CT molecular complexity index is 3960. The summed E-state index contributed by atoms with van der Waals surface area (Å²) in [5, 5.41) is 2.87. The largest absolute Gasteiger partial charge is 0.695 e. The van der Waals surface area contributed by atoms with Crippen LogP contribution in [-0.4, -0.2) is 139 Å². The number of amides is 1. The Morgan fingerprint density at radius 3 is 1.83 bits per heavy atom. The molecular weight excluding hydrogens is 1280 g/mol. The van der Waals surface area contributed by atoms with Gasteiger partial charge in [-0.1, -0.05) is 114 Å². The van der Waals surface area contributed by atoms with Crippen LogP contribution in [0.25, 0.3) is 27.0 Å². The normalized spacial score (nSPS) is 21.4. The highest BCUT2D eigenvalue weighted by atomic mass is 32.5. The number of carbonyl (C=O) groups excluding carboxylic acids is 1. The van der Waals surface area contributed by atoms with Gasteiger partial charge in [0, 0.05) is 21.7 Å². The molecule has 2 fully saturated rings. The number of carbonyl (C=O) groups is 1. The molecule has 2 saturated heterocycles. The van der Waals surface area contributed by atoms with Crippen molar-refractivity contribution < 1.29 is 64.9 Å². The summed E-state index contributed by atoms with van der Waals surface area (Å²) in [6, 6.07) is 36.0. The van der Waals surface area contributed by atoms with Gasteiger partial charge in [-0.15, -0.1) is 9.42 Å². The molecule has 1 unspecified atom stereocenters. The van der Waals surface area contributed by atoms with Crippen LogP contribution in [0.15, 0.2) is 140 Å². The summed E-state index contributed by atoms with van der Waals surface area (Å²) in [5.41, 5.74) is 3.25. The van der Waals surface area contributed by atoms with Crippen LogP contribution in [0.5, 0.6) is 11.5 Å². The minimum atomic E-state index is -4.20.